The van der Waals surface area contributed by atoms with Crippen LogP contribution in [0.25, 0.3) is 0 Å². The quantitative estimate of drug-likeness (QED) is 0.587. The van der Waals surface area contributed by atoms with E-state index < -0.39 is 17.3 Å². The minimum atomic E-state index is -1.11. The monoisotopic (exact) mass is 427 g/mol. The number of anilines is 1. The van der Waals surface area contributed by atoms with Gasteiger partial charge in [0.2, 0.25) is 0 Å². The van der Waals surface area contributed by atoms with E-state index in [1.165, 1.54) is 12.1 Å². The molecule has 0 spiro atoms. The molecular weight excluding hydrogens is 412 g/mol. The zero-order valence-electron chi connectivity index (χ0n) is 14.2. The smallest absolute Gasteiger partial charge is 0.156 e. The van der Waals surface area contributed by atoms with Crippen molar-refractivity contribution in [2.75, 3.05) is 5.32 Å². The highest BCUT2D eigenvalue weighted by Crippen LogP contribution is 2.33. The van der Waals surface area contributed by atoms with Crippen LogP contribution in [0.15, 0.2) is 82.3 Å². The van der Waals surface area contributed by atoms with Gasteiger partial charge >= 0.3 is 0 Å². The highest BCUT2D eigenvalue weighted by Gasteiger charge is 2.39. The molecule has 3 aromatic carbocycles. The maximum atomic E-state index is 14.7. The van der Waals surface area contributed by atoms with Crippen molar-refractivity contribution in [2.24, 2.45) is 4.99 Å². The number of nitrogens with one attached hydrogen (secondary N) is 2. The second-order valence-corrected chi connectivity index (χ2v) is 7.22. The molecule has 0 fully saturated rings. The van der Waals surface area contributed by atoms with E-state index in [9.17, 15) is 8.78 Å². The molecule has 27 heavy (non-hydrogen) atoms. The minimum Gasteiger partial charge on any atom is -0.359 e. The average Bonchev–Trinajstić information content (AvgIpc) is 3.09. The maximum absolute atomic E-state index is 14.7. The lowest BCUT2D eigenvalue weighted by Crippen LogP contribution is -2.48. The highest BCUT2D eigenvalue weighted by molar-refractivity contribution is 9.10. The maximum Gasteiger partial charge on any atom is 0.156 e. The predicted octanol–water partition coefficient (Wildman–Crippen LogP) is 5.37. The molecular formula is C21H16BrF2N3. The van der Waals surface area contributed by atoms with Gasteiger partial charge in [0.05, 0.1) is 0 Å². The molecule has 1 heterocycles. The van der Waals surface area contributed by atoms with Gasteiger partial charge in [0.25, 0.3) is 0 Å². The third-order valence-electron chi connectivity index (χ3n) is 4.44. The third-order valence-corrected chi connectivity index (χ3v) is 4.97. The van der Waals surface area contributed by atoms with Crippen molar-refractivity contribution in [1.29, 1.82) is 0 Å². The first-order chi connectivity index (χ1) is 13.1. The first kappa shape index (κ1) is 17.8. The molecule has 2 unspecified atom stereocenters. The molecule has 1 aliphatic heterocycles. The lowest BCUT2D eigenvalue weighted by Gasteiger charge is -2.32. The van der Waals surface area contributed by atoms with Crippen molar-refractivity contribution >= 4 is 27.8 Å². The van der Waals surface area contributed by atoms with E-state index in [2.05, 4.69) is 31.6 Å². The summed E-state index contributed by atoms with van der Waals surface area (Å²) < 4.78 is 29.0. The largest absolute Gasteiger partial charge is 0.359 e. The summed E-state index contributed by atoms with van der Waals surface area (Å²) in [5, 5.41) is 6.67. The fourth-order valence-electron chi connectivity index (χ4n) is 3.13. The standard InChI is InChI=1S/C21H16BrF2N3/c22-15-6-9-17(10-7-15)26-21(18-11-8-16(23)12-19(18)24)13-25-20(27-21)14-4-2-1-3-5-14/h1-13,20,26-27H. The van der Waals surface area contributed by atoms with Gasteiger partial charge in [-0.15, -0.1) is 0 Å². The first-order valence-electron chi connectivity index (χ1n) is 8.42. The Bertz CT molecular complexity index is 976. The Morgan fingerprint density at radius 3 is 2.41 bits per heavy atom. The second kappa shape index (κ2) is 7.21. The van der Waals surface area contributed by atoms with Gasteiger partial charge in [-0.05, 0) is 42.0 Å². The molecule has 1 aliphatic rings. The molecule has 136 valence electrons. The van der Waals surface area contributed by atoms with Crippen LogP contribution in [0.5, 0.6) is 0 Å². The number of hydrogen-bond acceptors (Lipinski definition) is 3. The van der Waals surface area contributed by atoms with Crippen LogP contribution >= 0.6 is 15.9 Å². The molecule has 6 heteroatoms. The number of hydrogen-bond donors (Lipinski definition) is 2. The molecule has 4 rings (SSSR count). The normalized spacial score (nSPS) is 21.4. The number of halogens is 3. The zero-order valence-corrected chi connectivity index (χ0v) is 15.8. The predicted molar refractivity (Wildman–Crippen MR) is 107 cm³/mol. The average molecular weight is 428 g/mol. The van der Waals surface area contributed by atoms with Crippen LogP contribution in [-0.2, 0) is 5.66 Å². The van der Waals surface area contributed by atoms with Crippen LogP contribution in [0.4, 0.5) is 14.5 Å². The van der Waals surface area contributed by atoms with Crippen LogP contribution < -0.4 is 10.6 Å². The Hall–Kier alpha value is -2.57. The number of aliphatic imine (C=N–C) groups is 1. The molecule has 0 aliphatic carbocycles. The van der Waals surface area contributed by atoms with Gasteiger partial charge in [-0.2, -0.15) is 0 Å². The van der Waals surface area contributed by atoms with Gasteiger partial charge in [0.15, 0.2) is 5.66 Å². The second-order valence-electron chi connectivity index (χ2n) is 6.30. The zero-order chi connectivity index (χ0) is 18.9. The van der Waals surface area contributed by atoms with Crippen molar-refractivity contribution in [3.63, 3.8) is 0 Å². The Labute approximate surface area is 164 Å². The first-order valence-corrected chi connectivity index (χ1v) is 9.21. The van der Waals surface area contributed by atoms with E-state index >= 15 is 0 Å². The van der Waals surface area contributed by atoms with Crippen molar-refractivity contribution in [3.8, 4) is 0 Å². The summed E-state index contributed by atoms with van der Waals surface area (Å²) in [5.41, 5.74) is 0.894. The molecule has 3 aromatic rings. The third kappa shape index (κ3) is 3.63. The van der Waals surface area contributed by atoms with E-state index in [-0.39, 0.29) is 11.7 Å². The highest BCUT2D eigenvalue weighted by atomic mass is 79.9. The van der Waals surface area contributed by atoms with Crippen molar-refractivity contribution < 1.29 is 8.78 Å². The summed E-state index contributed by atoms with van der Waals surface area (Å²) in [6, 6.07) is 20.8. The summed E-state index contributed by atoms with van der Waals surface area (Å²) >= 11 is 3.40. The molecule has 3 nitrogen and oxygen atoms in total. The Balaban J connectivity index is 1.74. The Morgan fingerprint density at radius 2 is 1.70 bits per heavy atom. The number of rotatable bonds is 4. The van der Waals surface area contributed by atoms with Crippen LogP contribution in [0.2, 0.25) is 0 Å². The fraction of sp³-hybridized carbons (Fsp3) is 0.0952. The van der Waals surface area contributed by atoms with E-state index in [1.54, 1.807) is 6.21 Å². The van der Waals surface area contributed by atoms with Gasteiger partial charge in [0, 0.05) is 28.0 Å². The van der Waals surface area contributed by atoms with Crippen LogP contribution in [0.3, 0.4) is 0 Å². The van der Waals surface area contributed by atoms with Gasteiger partial charge in [-0.25, -0.2) is 8.78 Å². The number of nitrogens with zero attached hydrogens (tertiary/aromatic N) is 1. The molecule has 0 amide bonds. The molecule has 0 saturated carbocycles. The SMILES string of the molecule is Fc1ccc(C2(Nc3ccc(Br)cc3)C=NC(c3ccccc3)N2)c(F)c1. The summed E-state index contributed by atoms with van der Waals surface area (Å²) in [7, 11) is 0. The lowest BCUT2D eigenvalue weighted by atomic mass is 9.99. The Kier molecular flexibility index (Phi) is 4.76. The topological polar surface area (TPSA) is 36.4 Å². The molecule has 0 saturated heterocycles. The van der Waals surface area contributed by atoms with E-state index in [1.807, 2.05) is 54.6 Å². The van der Waals surface area contributed by atoms with Crippen molar-refractivity contribution in [2.45, 2.75) is 11.8 Å². The van der Waals surface area contributed by atoms with E-state index in [0.29, 0.717) is 0 Å². The Morgan fingerprint density at radius 1 is 0.963 bits per heavy atom. The van der Waals surface area contributed by atoms with Gasteiger partial charge in [-0.1, -0.05) is 46.3 Å². The minimum absolute atomic E-state index is 0.272. The molecule has 2 atom stereocenters. The lowest BCUT2D eigenvalue weighted by molar-refractivity contribution is 0.449. The molecule has 0 bridgehead atoms. The summed E-state index contributed by atoms with van der Waals surface area (Å²) in [6.07, 6.45) is 1.29. The summed E-state index contributed by atoms with van der Waals surface area (Å²) in [6.45, 7) is 0. The van der Waals surface area contributed by atoms with Gasteiger partial charge in [0.1, 0.15) is 17.8 Å². The van der Waals surface area contributed by atoms with Gasteiger partial charge in [-0.3, -0.25) is 10.3 Å². The van der Waals surface area contributed by atoms with E-state index in [0.717, 1.165) is 21.8 Å². The summed E-state index contributed by atoms with van der Waals surface area (Å²) in [4.78, 5) is 4.54. The van der Waals surface area contributed by atoms with Crippen molar-refractivity contribution in [1.82, 2.24) is 5.32 Å². The van der Waals surface area contributed by atoms with Crippen molar-refractivity contribution in [3.05, 3.63) is 100 Å². The molecule has 2 N–H and O–H groups in total. The fourth-order valence-corrected chi connectivity index (χ4v) is 3.40. The van der Waals surface area contributed by atoms with E-state index in [4.69, 9.17) is 0 Å². The summed E-state index contributed by atoms with van der Waals surface area (Å²) in [5.74, 6) is -1.27. The molecule has 0 radical (unpaired) electrons. The number of benzene rings is 3. The van der Waals surface area contributed by atoms with Crippen LogP contribution in [0, 0.1) is 11.6 Å². The van der Waals surface area contributed by atoms with Gasteiger partial charge < -0.3 is 5.32 Å². The van der Waals surface area contributed by atoms with Crippen LogP contribution in [-0.4, -0.2) is 6.21 Å². The van der Waals surface area contributed by atoms with Crippen LogP contribution in [0.1, 0.15) is 17.3 Å². The molecule has 0 aromatic heterocycles.